The lowest BCUT2D eigenvalue weighted by molar-refractivity contribution is -0.119. The predicted molar refractivity (Wildman–Crippen MR) is 133 cm³/mol. The number of carbonyl (C=O) groups excluding carboxylic acids is 1. The number of aromatic nitrogens is 4. The van der Waals surface area contributed by atoms with Gasteiger partial charge >= 0.3 is 5.69 Å². The Balaban J connectivity index is 1.59. The van der Waals surface area contributed by atoms with Crippen molar-refractivity contribution >= 4 is 28.7 Å². The van der Waals surface area contributed by atoms with Crippen LogP contribution in [0, 0.1) is 0 Å². The average Bonchev–Trinajstić information content (AvgIpc) is 2.83. The van der Waals surface area contributed by atoms with Gasteiger partial charge < -0.3 is 14.8 Å². The lowest BCUT2D eigenvalue weighted by Crippen LogP contribution is -2.38. The van der Waals surface area contributed by atoms with E-state index in [1.165, 1.54) is 11.6 Å². The number of nitrogens with one attached hydrogen (secondary N) is 1. The first-order valence-corrected chi connectivity index (χ1v) is 12.3. The Kier molecular flexibility index (Phi) is 6.63. The summed E-state index contributed by atoms with van der Waals surface area (Å²) in [5.41, 5.74) is -0.237. The van der Waals surface area contributed by atoms with Crippen LogP contribution in [0.25, 0.3) is 11.0 Å². The minimum absolute atomic E-state index is 0.0383. The molecule has 11 heteroatoms. The molecule has 1 aliphatic rings. The highest BCUT2D eigenvalue weighted by atomic mass is 32.2. The number of carbonyl (C=O) groups is 1. The fourth-order valence-electron chi connectivity index (χ4n) is 3.70. The van der Waals surface area contributed by atoms with Gasteiger partial charge in [-0.25, -0.2) is 14.8 Å². The molecule has 0 fully saturated rings. The molecule has 1 aliphatic heterocycles. The van der Waals surface area contributed by atoms with E-state index in [9.17, 15) is 14.4 Å². The van der Waals surface area contributed by atoms with Gasteiger partial charge in [-0.2, -0.15) is 0 Å². The van der Waals surface area contributed by atoms with Gasteiger partial charge in [0.05, 0.1) is 11.8 Å². The molecule has 2 aromatic heterocycles. The summed E-state index contributed by atoms with van der Waals surface area (Å²) in [7, 11) is 2.98. The number of fused-ring (bicyclic) bond motifs is 2. The number of thioether (sulfide) groups is 1. The van der Waals surface area contributed by atoms with Crippen molar-refractivity contribution in [3.8, 4) is 11.5 Å². The van der Waals surface area contributed by atoms with Crippen LogP contribution in [0.5, 0.6) is 11.5 Å². The van der Waals surface area contributed by atoms with Gasteiger partial charge in [-0.1, -0.05) is 38.6 Å². The molecule has 0 spiro atoms. The second kappa shape index (κ2) is 9.37. The molecule has 1 N–H and O–H groups in total. The summed E-state index contributed by atoms with van der Waals surface area (Å²) < 4.78 is 13.5. The summed E-state index contributed by atoms with van der Waals surface area (Å²) in [4.78, 5) is 47.4. The number of hydrogen-bond acceptors (Lipinski definition) is 8. The molecule has 10 nitrogen and oxygen atoms in total. The lowest BCUT2D eigenvalue weighted by atomic mass is 9.96. The summed E-state index contributed by atoms with van der Waals surface area (Å²) in [6.07, 6.45) is 0. The van der Waals surface area contributed by atoms with Crippen molar-refractivity contribution in [3.05, 3.63) is 50.4 Å². The zero-order valence-corrected chi connectivity index (χ0v) is 21.5. The highest BCUT2D eigenvalue weighted by Crippen LogP contribution is 2.33. The first kappa shape index (κ1) is 24.8. The predicted octanol–water partition coefficient (Wildman–Crippen LogP) is 2.07. The molecule has 0 saturated heterocycles. The maximum atomic E-state index is 12.9. The van der Waals surface area contributed by atoms with Gasteiger partial charge in [-0.15, -0.1) is 0 Å². The largest absolute Gasteiger partial charge is 0.486 e. The van der Waals surface area contributed by atoms with Gasteiger partial charge in [0.25, 0.3) is 5.56 Å². The van der Waals surface area contributed by atoms with Crippen LogP contribution in [0.3, 0.4) is 0 Å². The van der Waals surface area contributed by atoms with Crippen molar-refractivity contribution in [1.29, 1.82) is 0 Å². The van der Waals surface area contributed by atoms with E-state index in [0.717, 1.165) is 21.9 Å². The summed E-state index contributed by atoms with van der Waals surface area (Å²) in [5, 5.41) is 3.57. The highest BCUT2D eigenvalue weighted by molar-refractivity contribution is 8.00. The molecule has 1 unspecified atom stereocenters. The molecule has 35 heavy (non-hydrogen) atoms. The van der Waals surface area contributed by atoms with E-state index in [0.29, 0.717) is 35.6 Å². The van der Waals surface area contributed by atoms with Crippen molar-refractivity contribution in [2.45, 2.75) is 44.2 Å². The van der Waals surface area contributed by atoms with Crippen molar-refractivity contribution in [2.75, 3.05) is 19.0 Å². The molecule has 1 amide bonds. The SMILES string of the molecule is CC(NC(=O)CSc1nc(C(C)(C)C)nc2c1c(=O)n(C)c(=O)n2C)c1ccc2c(c1)OCCO2. The molecular weight excluding hydrogens is 470 g/mol. The van der Waals surface area contributed by atoms with Gasteiger partial charge in [0.1, 0.15) is 29.5 Å². The van der Waals surface area contributed by atoms with Crippen molar-refractivity contribution in [3.63, 3.8) is 0 Å². The Labute approximate surface area is 206 Å². The first-order valence-electron chi connectivity index (χ1n) is 11.3. The Hall–Kier alpha value is -3.34. The molecular formula is C24H29N5O5S. The Bertz CT molecular complexity index is 1420. The van der Waals surface area contributed by atoms with E-state index in [1.807, 2.05) is 45.9 Å². The summed E-state index contributed by atoms with van der Waals surface area (Å²) in [6.45, 7) is 8.73. The Morgan fingerprint density at radius 3 is 2.49 bits per heavy atom. The first-order chi connectivity index (χ1) is 16.5. The van der Waals surface area contributed by atoms with Crippen molar-refractivity contribution in [1.82, 2.24) is 24.4 Å². The van der Waals surface area contributed by atoms with Crippen LogP contribution in [0.15, 0.2) is 32.8 Å². The van der Waals surface area contributed by atoms with Crippen LogP contribution >= 0.6 is 11.8 Å². The van der Waals surface area contributed by atoms with E-state index >= 15 is 0 Å². The molecule has 3 heterocycles. The van der Waals surface area contributed by atoms with E-state index < -0.39 is 16.7 Å². The van der Waals surface area contributed by atoms with Crippen LogP contribution in [-0.4, -0.2) is 44.0 Å². The smallest absolute Gasteiger partial charge is 0.332 e. The Morgan fingerprint density at radius 2 is 1.80 bits per heavy atom. The monoisotopic (exact) mass is 499 g/mol. The number of benzene rings is 1. The van der Waals surface area contributed by atoms with Gasteiger partial charge in [-0.05, 0) is 24.6 Å². The van der Waals surface area contributed by atoms with Crippen LogP contribution in [0.1, 0.15) is 45.1 Å². The fourth-order valence-corrected chi connectivity index (χ4v) is 4.52. The van der Waals surface area contributed by atoms with Crippen LogP contribution in [0.4, 0.5) is 0 Å². The third-order valence-corrected chi connectivity index (χ3v) is 6.70. The van der Waals surface area contributed by atoms with Gasteiger partial charge in [0.15, 0.2) is 17.1 Å². The molecule has 0 saturated carbocycles. The van der Waals surface area contributed by atoms with Crippen LogP contribution < -0.4 is 26.0 Å². The minimum Gasteiger partial charge on any atom is -0.486 e. The van der Waals surface area contributed by atoms with E-state index in [4.69, 9.17) is 9.47 Å². The maximum absolute atomic E-state index is 12.9. The number of aryl methyl sites for hydroxylation is 1. The molecule has 1 atom stereocenters. The van der Waals surface area contributed by atoms with E-state index in [2.05, 4.69) is 15.3 Å². The minimum atomic E-state index is -0.490. The second-order valence-corrected chi connectivity index (χ2v) is 10.5. The average molecular weight is 500 g/mol. The number of nitrogens with zero attached hydrogens (tertiary/aromatic N) is 4. The third kappa shape index (κ3) is 4.90. The lowest BCUT2D eigenvalue weighted by Gasteiger charge is -2.21. The normalized spacial score (nSPS) is 14.1. The van der Waals surface area contributed by atoms with Crippen LogP contribution in [-0.2, 0) is 24.3 Å². The van der Waals surface area contributed by atoms with Crippen molar-refractivity contribution in [2.24, 2.45) is 14.1 Å². The number of rotatable bonds is 5. The number of hydrogen-bond donors (Lipinski definition) is 1. The molecule has 186 valence electrons. The zero-order chi connectivity index (χ0) is 25.5. The molecule has 1 aromatic carbocycles. The summed E-state index contributed by atoms with van der Waals surface area (Å²) >= 11 is 1.15. The van der Waals surface area contributed by atoms with Gasteiger partial charge in [0.2, 0.25) is 5.91 Å². The molecule has 3 aromatic rings. The quantitative estimate of drug-likeness (QED) is 0.419. The van der Waals surface area contributed by atoms with Crippen LogP contribution in [0.2, 0.25) is 0 Å². The van der Waals surface area contributed by atoms with Gasteiger partial charge in [-0.3, -0.25) is 18.7 Å². The summed E-state index contributed by atoms with van der Waals surface area (Å²) in [6, 6.07) is 5.33. The standard InChI is InChI=1S/C24H29N5O5S/c1-13(14-7-8-15-16(11-14)34-10-9-33-15)25-17(30)12-35-20-18-19(26-22(27-20)24(2,3)4)28(5)23(32)29(6)21(18)31/h7-8,11,13H,9-10,12H2,1-6H3,(H,25,30). The zero-order valence-electron chi connectivity index (χ0n) is 20.7. The molecule has 0 aliphatic carbocycles. The molecule has 0 bridgehead atoms. The Morgan fingerprint density at radius 1 is 1.11 bits per heavy atom. The second-order valence-electron chi connectivity index (χ2n) is 9.49. The van der Waals surface area contributed by atoms with Gasteiger partial charge in [0, 0.05) is 19.5 Å². The molecule has 4 rings (SSSR count). The summed E-state index contributed by atoms with van der Waals surface area (Å²) in [5.74, 6) is 1.66. The fraction of sp³-hybridized carbons (Fsp3) is 0.458. The number of ether oxygens (including phenoxy) is 2. The topological polar surface area (TPSA) is 117 Å². The van der Waals surface area contributed by atoms with Crippen molar-refractivity contribution < 1.29 is 14.3 Å². The van der Waals surface area contributed by atoms with E-state index in [1.54, 1.807) is 7.05 Å². The van der Waals surface area contributed by atoms with E-state index in [-0.39, 0.29) is 28.7 Å². The molecule has 0 radical (unpaired) electrons. The maximum Gasteiger partial charge on any atom is 0.332 e. The number of amides is 1. The highest BCUT2D eigenvalue weighted by Gasteiger charge is 2.24. The third-order valence-electron chi connectivity index (χ3n) is 5.72.